The molecule has 2 aromatic carbocycles. The summed E-state index contributed by atoms with van der Waals surface area (Å²) in [6.07, 6.45) is 3.28. The van der Waals surface area contributed by atoms with Crippen LogP contribution >= 0.6 is 11.8 Å². The first kappa shape index (κ1) is 23.5. The lowest BCUT2D eigenvalue weighted by molar-refractivity contribution is -0.115. The van der Waals surface area contributed by atoms with Crippen molar-refractivity contribution >= 4 is 29.0 Å². The van der Waals surface area contributed by atoms with Crippen molar-refractivity contribution in [2.24, 2.45) is 0 Å². The molecule has 0 saturated carbocycles. The van der Waals surface area contributed by atoms with Crippen LogP contribution in [0.5, 0.6) is 5.75 Å². The van der Waals surface area contributed by atoms with Gasteiger partial charge in [-0.15, -0.1) is 0 Å². The fourth-order valence-corrected chi connectivity index (χ4v) is 5.38. The van der Waals surface area contributed by atoms with E-state index in [-0.39, 0.29) is 27.0 Å². The van der Waals surface area contributed by atoms with E-state index in [4.69, 9.17) is 4.74 Å². The van der Waals surface area contributed by atoms with Crippen molar-refractivity contribution < 1.29 is 23.1 Å². The number of carbonyl (C=O) groups excluding carboxylic acids is 2. The summed E-state index contributed by atoms with van der Waals surface area (Å²) in [6, 6.07) is 5.69. The molecule has 2 aromatic rings. The van der Waals surface area contributed by atoms with Gasteiger partial charge in [-0.3, -0.25) is 14.9 Å². The van der Waals surface area contributed by atoms with Gasteiger partial charge in [0.2, 0.25) is 5.82 Å². The van der Waals surface area contributed by atoms with Gasteiger partial charge in [-0.2, -0.15) is 4.39 Å². The number of fused-ring (bicyclic) bond motifs is 1. The first-order valence-corrected chi connectivity index (χ1v) is 11.6. The van der Waals surface area contributed by atoms with E-state index in [0.29, 0.717) is 17.3 Å². The minimum absolute atomic E-state index is 0.0134. The maximum absolute atomic E-state index is 15.1. The van der Waals surface area contributed by atoms with Gasteiger partial charge in [0.1, 0.15) is 0 Å². The van der Waals surface area contributed by atoms with E-state index in [9.17, 15) is 14.0 Å². The summed E-state index contributed by atoms with van der Waals surface area (Å²) in [7, 11) is 1.30. The largest absolute Gasteiger partial charge is 0.493 e. The first-order valence-electron chi connectivity index (χ1n) is 10.8. The number of aryl methyl sites for hydroxylation is 1. The predicted molar refractivity (Wildman–Crippen MR) is 127 cm³/mol. The Morgan fingerprint density at radius 2 is 1.58 bits per heavy atom. The number of carbonyl (C=O) groups is 2. The summed E-state index contributed by atoms with van der Waals surface area (Å²) in [5.41, 5.74) is 4.35. The van der Waals surface area contributed by atoms with Crippen LogP contribution in [0, 0.1) is 18.6 Å². The van der Waals surface area contributed by atoms with Crippen LogP contribution in [0.4, 0.5) is 13.6 Å². The topological polar surface area (TPSA) is 55.4 Å². The van der Waals surface area contributed by atoms with Crippen LogP contribution in [0.25, 0.3) is 17.2 Å². The summed E-state index contributed by atoms with van der Waals surface area (Å²) >= 11 is 0.657. The number of halogens is 2. The highest BCUT2D eigenvalue weighted by Gasteiger charge is 2.38. The van der Waals surface area contributed by atoms with Gasteiger partial charge in [-0.1, -0.05) is 33.8 Å². The summed E-state index contributed by atoms with van der Waals surface area (Å²) in [5.74, 6) is -3.08. The monoisotopic (exact) mass is 471 g/mol. The zero-order valence-corrected chi connectivity index (χ0v) is 20.4. The van der Waals surface area contributed by atoms with Crippen molar-refractivity contribution in [3.05, 3.63) is 57.0 Å². The van der Waals surface area contributed by atoms with E-state index >= 15 is 4.39 Å². The highest BCUT2D eigenvalue weighted by atomic mass is 32.2. The fourth-order valence-electron chi connectivity index (χ4n) is 4.71. The molecule has 0 bridgehead atoms. The number of amides is 2. The van der Waals surface area contributed by atoms with Crippen LogP contribution in [0.2, 0.25) is 0 Å². The number of imide groups is 1. The van der Waals surface area contributed by atoms with Gasteiger partial charge in [0.05, 0.1) is 12.0 Å². The van der Waals surface area contributed by atoms with Gasteiger partial charge in [-0.25, -0.2) is 4.39 Å². The number of ether oxygens (including phenoxy) is 1. The molecular formula is C26H27F2NO3S. The molecule has 2 aliphatic rings. The second kappa shape index (κ2) is 7.97. The molecule has 1 N–H and O–H groups in total. The Kier molecular flexibility index (Phi) is 5.68. The number of hydrogen-bond donors (Lipinski definition) is 1. The summed E-state index contributed by atoms with van der Waals surface area (Å²) in [4.78, 5) is 23.5. The minimum atomic E-state index is -1.13. The molecule has 2 amide bonds. The number of rotatable bonds is 3. The van der Waals surface area contributed by atoms with Crippen molar-refractivity contribution in [3.63, 3.8) is 0 Å². The summed E-state index contributed by atoms with van der Waals surface area (Å²) < 4.78 is 35.3. The van der Waals surface area contributed by atoms with E-state index in [1.54, 1.807) is 0 Å². The average Bonchev–Trinajstić information content (AvgIpc) is 3.05. The molecule has 4 rings (SSSR count). The maximum Gasteiger partial charge on any atom is 0.290 e. The van der Waals surface area contributed by atoms with Crippen molar-refractivity contribution in [2.75, 3.05) is 7.11 Å². The third kappa shape index (κ3) is 3.97. The summed E-state index contributed by atoms with van der Waals surface area (Å²) in [5, 5.41) is 1.58. The number of methoxy groups -OCH3 is 1. The molecule has 174 valence electrons. The number of nitrogens with one attached hydrogen (secondary N) is 1. The van der Waals surface area contributed by atoms with E-state index in [2.05, 4.69) is 45.1 Å². The second-order valence-corrected chi connectivity index (χ2v) is 11.0. The van der Waals surface area contributed by atoms with Gasteiger partial charge in [-0.05, 0) is 82.8 Å². The van der Waals surface area contributed by atoms with E-state index in [0.717, 1.165) is 24.0 Å². The SMILES string of the molecule is COc1c(-c2cc3c(cc2C)C(C)(C)CCC3(C)C)cc(/C=C2\SC(=O)NC2=O)c(F)c1F. The predicted octanol–water partition coefficient (Wildman–Crippen LogP) is 6.62. The Bertz CT molecular complexity index is 1230. The van der Waals surface area contributed by atoms with Crippen LogP contribution < -0.4 is 10.1 Å². The Labute approximate surface area is 196 Å². The molecule has 1 aliphatic heterocycles. The van der Waals surface area contributed by atoms with E-state index in [1.165, 1.54) is 30.4 Å². The molecule has 1 aliphatic carbocycles. The van der Waals surface area contributed by atoms with Gasteiger partial charge in [0, 0.05) is 11.1 Å². The molecule has 0 aromatic heterocycles. The van der Waals surface area contributed by atoms with Crippen molar-refractivity contribution in [1.29, 1.82) is 0 Å². The van der Waals surface area contributed by atoms with E-state index < -0.39 is 22.8 Å². The number of thioether (sulfide) groups is 1. The maximum atomic E-state index is 15.1. The Hall–Kier alpha value is -2.67. The molecular weight excluding hydrogens is 444 g/mol. The highest BCUT2D eigenvalue weighted by Crippen LogP contribution is 2.49. The Balaban J connectivity index is 1.96. The molecule has 4 nitrogen and oxygen atoms in total. The smallest absolute Gasteiger partial charge is 0.290 e. The van der Waals surface area contributed by atoms with Crippen LogP contribution in [0.15, 0.2) is 23.1 Å². The lowest BCUT2D eigenvalue weighted by Crippen LogP contribution is -2.34. The van der Waals surface area contributed by atoms with Crippen LogP contribution in [0.1, 0.15) is 62.8 Å². The molecule has 7 heteroatoms. The van der Waals surface area contributed by atoms with Crippen LogP contribution in [0.3, 0.4) is 0 Å². The lowest BCUT2D eigenvalue weighted by Gasteiger charge is -2.42. The third-order valence-electron chi connectivity index (χ3n) is 6.81. The Morgan fingerprint density at radius 1 is 0.970 bits per heavy atom. The molecule has 33 heavy (non-hydrogen) atoms. The number of hydrogen-bond acceptors (Lipinski definition) is 4. The van der Waals surface area contributed by atoms with E-state index in [1.807, 2.05) is 6.92 Å². The molecule has 1 heterocycles. The lowest BCUT2D eigenvalue weighted by atomic mass is 9.62. The zero-order valence-electron chi connectivity index (χ0n) is 19.6. The fraction of sp³-hybridized carbons (Fsp3) is 0.385. The molecule has 0 unspecified atom stereocenters. The molecule has 1 fully saturated rings. The molecule has 0 spiro atoms. The average molecular weight is 472 g/mol. The minimum Gasteiger partial charge on any atom is -0.493 e. The molecule has 0 radical (unpaired) electrons. The standard InChI is InChI=1S/C26H27F2NO3S/c1-13-9-17-18(26(4,5)8-7-25(17,2)3)12-15(13)16-10-14(20(27)21(28)22(16)32-6)11-19-23(30)29-24(31)33-19/h9-12H,7-8H2,1-6H3,(H,29,30,31)/b19-11-. The van der Waals surface area contributed by atoms with Gasteiger partial charge in [0.15, 0.2) is 11.6 Å². The quantitative estimate of drug-likeness (QED) is 0.511. The molecule has 1 saturated heterocycles. The van der Waals surface area contributed by atoms with Crippen molar-refractivity contribution in [3.8, 4) is 16.9 Å². The second-order valence-electron chi connectivity index (χ2n) is 10.0. The number of benzene rings is 2. The normalized spacial score (nSPS) is 20.1. The highest BCUT2D eigenvalue weighted by molar-refractivity contribution is 8.18. The third-order valence-corrected chi connectivity index (χ3v) is 7.62. The van der Waals surface area contributed by atoms with Crippen molar-refractivity contribution in [1.82, 2.24) is 5.32 Å². The van der Waals surface area contributed by atoms with Gasteiger partial charge < -0.3 is 4.74 Å². The van der Waals surface area contributed by atoms with Crippen LogP contribution in [-0.2, 0) is 15.6 Å². The Morgan fingerprint density at radius 3 is 2.12 bits per heavy atom. The van der Waals surface area contributed by atoms with Crippen LogP contribution in [-0.4, -0.2) is 18.3 Å². The van der Waals surface area contributed by atoms with Crippen molar-refractivity contribution in [2.45, 2.75) is 58.3 Å². The summed E-state index contributed by atoms with van der Waals surface area (Å²) in [6.45, 7) is 10.8. The zero-order chi connectivity index (χ0) is 24.3. The molecule has 0 atom stereocenters. The first-order chi connectivity index (χ1) is 15.4. The van der Waals surface area contributed by atoms with Gasteiger partial charge in [0.25, 0.3) is 11.1 Å². The van der Waals surface area contributed by atoms with Gasteiger partial charge >= 0.3 is 0 Å².